The molecule has 0 radical (unpaired) electrons. The lowest BCUT2D eigenvalue weighted by atomic mass is 10.0. The van der Waals surface area contributed by atoms with Gasteiger partial charge in [-0.25, -0.2) is 0 Å². The van der Waals surface area contributed by atoms with Crippen molar-refractivity contribution in [2.75, 3.05) is 39.5 Å². The summed E-state index contributed by atoms with van der Waals surface area (Å²) in [6.07, 6.45) is 0. The summed E-state index contributed by atoms with van der Waals surface area (Å²) in [5.41, 5.74) is 2.27. The topological polar surface area (TPSA) is 52.0 Å². The van der Waals surface area contributed by atoms with Crippen LogP contribution in [0.25, 0.3) is 0 Å². The van der Waals surface area contributed by atoms with E-state index in [1.54, 1.807) is 18.2 Å². The van der Waals surface area contributed by atoms with E-state index in [1.807, 2.05) is 6.92 Å². The van der Waals surface area contributed by atoms with Gasteiger partial charge in [-0.15, -0.1) is 0 Å². The van der Waals surface area contributed by atoms with Gasteiger partial charge in [0.25, 0.3) is 5.91 Å². The van der Waals surface area contributed by atoms with Crippen LogP contribution in [0.2, 0.25) is 10.0 Å². The first kappa shape index (κ1) is 20.9. The standard InChI is InChI=1S/C21H24Cl2N2O3/c1-15-2-4-16(5-3-15)19(13-25-8-10-27-11-9-25)24-21(26)14-28-20-7-6-17(22)12-18(20)23/h2-7,12,19H,8-11,13-14H2,1H3,(H,24,26)/p+1/t19-/m0/s1. The van der Waals surface area contributed by atoms with Gasteiger partial charge in [-0.1, -0.05) is 53.0 Å². The molecule has 2 aromatic rings. The first-order valence-corrected chi connectivity index (χ1v) is 10.1. The average molecular weight is 424 g/mol. The van der Waals surface area contributed by atoms with Crippen LogP contribution in [0.1, 0.15) is 17.2 Å². The number of nitrogens with one attached hydrogen (secondary N) is 2. The van der Waals surface area contributed by atoms with Gasteiger partial charge in [0.05, 0.1) is 18.2 Å². The number of ether oxygens (including phenoxy) is 2. The van der Waals surface area contributed by atoms with Crippen molar-refractivity contribution >= 4 is 29.1 Å². The highest BCUT2D eigenvalue weighted by Gasteiger charge is 2.23. The molecule has 1 atom stereocenters. The molecule has 0 bridgehead atoms. The predicted octanol–water partition coefficient (Wildman–Crippen LogP) is 2.45. The van der Waals surface area contributed by atoms with Crippen molar-refractivity contribution in [2.24, 2.45) is 0 Å². The molecule has 1 heterocycles. The number of hydrogen-bond acceptors (Lipinski definition) is 3. The smallest absolute Gasteiger partial charge is 0.258 e. The molecule has 0 unspecified atom stereocenters. The fourth-order valence-corrected chi connectivity index (χ4v) is 3.64. The molecule has 0 aromatic heterocycles. The van der Waals surface area contributed by atoms with E-state index >= 15 is 0 Å². The van der Waals surface area contributed by atoms with Crippen LogP contribution in [0.3, 0.4) is 0 Å². The molecule has 2 aromatic carbocycles. The highest BCUT2D eigenvalue weighted by Crippen LogP contribution is 2.27. The van der Waals surface area contributed by atoms with E-state index in [1.165, 1.54) is 10.5 Å². The van der Waals surface area contributed by atoms with Crippen LogP contribution < -0.4 is 15.0 Å². The van der Waals surface area contributed by atoms with Gasteiger partial charge in [-0.2, -0.15) is 0 Å². The minimum atomic E-state index is -0.191. The molecular formula is C21H25Cl2N2O3+. The number of hydrogen-bond donors (Lipinski definition) is 2. The first-order chi connectivity index (χ1) is 13.5. The van der Waals surface area contributed by atoms with E-state index in [4.69, 9.17) is 32.7 Å². The summed E-state index contributed by atoms with van der Waals surface area (Å²) < 4.78 is 11.0. The molecule has 2 N–H and O–H groups in total. The maximum Gasteiger partial charge on any atom is 0.258 e. The molecule has 7 heteroatoms. The molecule has 150 valence electrons. The first-order valence-electron chi connectivity index (χ1n) is 9.36. The van der Waals surface area contributed by atoms with Crippen molar-refractivity contribution in [1.82, 2.24) is 5.32 Å². The molecule has 1 saturated heterocycles. The van der Waals surface area contributed by atoms with Gasteiger partial charge >= 0.3 is 0 Å². The Morgan fingerprint density at radius 3 is 2.57 bits per heavy atom. The Hall–Kier alpha value is -1.79. The highest BCUT2D eigenvalue weighted by atomic mass is 35.5. The third kappa shape index (κ3) is 6.11. The van der Waals surface area contributed by atoms with Crippen molar-refractivity contribution < 1.29 is 19.2 Å². The van der Waals surface area contributed by atoms with Gasteiger partial charge in [0.15, 0.2) is 6.61 Å². The maximum absolute atomic E-state index is 12.5. The number of carbonyl (C=O) groups excluding carboxylic acids is 1. The van der Waals surface area contributed by atoms with Crippen molar-refractivity contribution in [1.29, 1.82) is 0 Å². The van der Waals surface area contributed by atoms with Crippen LogP contribution in [0.4, 0.5) is 0 Å². The van der Waals surface area contributed by atoms with Gasteiger partial charge in [0.2, 0.25) is 0 Å². The van der Waals surface area contributed by atoms with Crippen LogP contribution in [-0.4, -0.2) is 45.4 Å². The van der Waals surface area contributed by atoms with Crippen molar-refractivity contribution in [3.8, 4) is 5.75 Å². The van der Waals surface area contributed by atoms with E-state index in [9.17, 15) is 4.79 Å². The molecule has 1 fully saturated rings. The van der Waals surface area contributed by atoms with Crippen LogP contribution in [0, 0.1) is 6.92 Å². The molecule has 3 rings (SSSR count). The quantitative estimate of drug-likeness (QED) is 0.718. The summed E-state index contributed by atoms with van der Waals surface area (Å²) in [7, 11) is 0. The molecule has 1 aliphatic heterocycles. The molecule has 0 spiro atoms. The second-order valence-electron chi connectivity index (χ2n) is 6.96. The SMILES string of the molecule is Cc1ccc([C@H](C[NH+]2CCOCC2)NC(=O)COc2ccc(Cl)cc2Cl)cc1. The largest absolute Gasteiger partial charge is 0.482 e. The van der Waals surface area contributed by atoms with Crippen LogP contribution in [0.15, 0.2) is 42.5 Å². The molecule has 1 amide bonds. The summed E-state index contributed by atoms with van der Waals surface area (Å²) in [4.78, 5) is 14.0. The Morgan fingerprint density at radius 1 is 1.18 bits per heavy atom. The van der Waals surface area contributed by atoms with Gasteiger partial charge in [-0.3, -0.25) is 4.79 Å². The van der Waals surface area contributed by atoms with E-state index in [0.29, 0.717) is 15.8 Å². The van der Waals surface area contributed by atoms with Crippen LogP contribution in [0.5, 0.6) is 5.75 Å². The van der Waals surface area contributed by atoms with Gasteiger partial charge < -0.3 is 19.7 Å². The van der Waals surface area contributed by atoms with E-state index < -0.39 is 0 Å². The lowest BCUT2D eigenvalue weighted by Crippen LogP contribution is -3.14. The Labute approximate surface area is 175 Å². The second-order valence-corrected chi connectivity index (χ2v) is 7.80. The molecular weight excluding hydrogens is 399 g/mol. The average Bonchev–Trinajstić information content (AvgIpc) is 2.68. The summed E-state index contributed by atoms with van der Waals surface area (Å²) in [5, 5.41) is 4.01. The number of morpholine rings is 1. The third-order valence-electron chi connectivity index (χ3n) is 4.76. The fraction of sp³-hybridized carbons (Fsp3) is 0.381. The lowest BCUT2D eigenvalue weighted by molar-refractivity contribution is -0.909. The van der Waals surface area contributed by atoms with E-state index in [-0.39, 0.29) is 18.6 Å². The van der Waals surface area contributed by atoms with Crippen LogP contribution in [-0.2, 0) is 9.53 Å². The van der Waals surface area contributed by atoms with Crippen molar-refractivity contribution in [2.45, 2.75) is 13.0 Å². The number of aryl methyl sites for hydroxylation is 1. The van der Waals surface area contributed by atoms with Crippen molar-refractivity contribution in [3.63, 3.8) is 0 Å². The normalized spacial score (nSPS) is 15.8. The third-order valence-corrected chi connectivity index (χ3v) is 5.29. The summed E-state index contributed by atoms with van der Waals surface area (Å²) in [6.45, 7) is 6.13. The van der Waals surface area contributed by atoms with Gasteiger partial charge in [0.1, 0.15) is 31.4 Å². The number of carbonyl (C=O) groups is 1. The molecule has 0 saturated carbocycles. The monoisotopic (exact) mass is 423 g/mol. The molecule has 1 aliphatic rings. The molecule has 5 nitrogen and oxygen atoms in total. The van der Waals surface area contributed by atoms with E-state index in [0.717, 1.165) is 38.4 Å². The highest BCUT2D eigenvalue weighted by molar-refractivity contribution is 6.35. The van der Waals surface area contributed by atoms with Gasteiger partial charge in [0, 0.05) is 5.02 Å². The Bertz CT molecular complexity index is 793. The number of halogens is 2. The minimum absolute atomic E-state index is 0.0921. The zero-order valence-corrected chi connectivity index (χ0v) is 17.4. The Balaban J connectivity index is 1.63. The zero-order valence-electron chi connectivity index (χ0n) is 15.8. The number of benzene rings is 2. The van der Waals surface area contributed by atoms with Crippen molar-refractivity contribution in [3.05, 3.63) is 63.6 Å². The number of amides is 1. The molecule has 0 aliphatic carbocycles. The van der Waals surface area contributed by atoms with E-state index in [2.05, 4.69) is 29.6 Å². The number of rotatable bonds is 7. The Morgan fingerprint density at radius 2 is 1.89 bits per heavy atom. The summed E-state index contributed by atoms with van der Waals surface area (Å²) in [5.74, 6) is 0.246. The fourth-order valence-electron chi connectivity index (χ4n) is 3.18. The molecule has 28 heavy (non-hydrogen) atoms. The summed E-state index contributed by atoms with van der Waals surface area (Å²) in [6, 6.07) is 13.1. The summed E-state index contributed by atoms with van der Waals surface area (Å²) >= 11 is 12.0. The second kappa shape index (κ2) is 10.1. The van der Waals surface area contributed by atoms with Gasteiger partial charge in [-0.05, 0) is 30.7 Å². The number of quaternary nitrogens is 1. The predicted molar refractivity (Wildman–Crippen MR) is 110 cm³/mol. The lowest BCUT2D eigenvalue weighted by Gasteiger charge is -2.28. The van der Waals surface area contributed by atoms with Crippen LogP contribution >= 0.6 is 23.2 Å². The Kier molecular flexibility index (Phi) is 7.57. The minimum Gasteiger partial charge on any atom is -0.482 e. The maximum atomic E-state index is 12.5. The zero-order chi connectivity index (χ0) is 19.9.